The number of aliphatic carboxylic acids is 1. The highest BCUT2D eigenvalue weighted by molar-refractivity contribution is 5.92. The number of aliphatic hydroxyl groups is 1. The maximum absolute atomic E-state index is 9.65. The molecule has 5 nitrogen and oxygen atoms in total. The van der Waals surface area contributed by atoms with Gasteiger partial charge in [-0.05, 0) is 11.5 Å². The zero-order chi connectivity index (χ0) is 13.5. The van der Waals surface area contributed by atoms with E-state index in [1.165, 1.54) is 5.39 Å². The summed E-state index contributed by atoms with van der Waals surface area (Å²) in [5.41, 5.74) is 11.4. The predicted molar refractivity (Wildman–Crippen MR) is 71.1 cm³/mol. The van der Waals surface area contributed by atoms with Crippen molar-refractivity contribution in [3.05, 3.63) is 42.5 Å². The van der Waals surface area contributed by atoms with E-state index in [0.717, 1.165) is 11.1 Å². The smallest absolute Gasteiger partial charge is 0.322 e. The standard InChI is InChI=1S/C10H9N.C3H7NO3/c11-10-7-3-5-8-4-1-2-6-9(8)10;4-2(1-5)3(6)7/h1-7H,11H2;2,5H,1,4H2,(H,6,7)/t;2-/m.0/s1. The van der Waals surface area contributed by atoms with E-state index in [1.807, 2.05) is 30.3 Å². The fraction of sp³-hybridized carbons (Fsp3) is 0.154. The van der Waals surface area contributed by atoms with Crippen molar-refractivity contribution >= 4 is 22.4 Å². The molecule has 0 fully saturated rings. The molecule has 5 heteroatoms. The number of benzene rings is 2. The van der Waals surface area contributed by atoms with Crippen LogP contribution in [0.4, 0.5) is 5.69 Å². The van der Waals surface area contributed by atoms with E-state index in [4.69, 9.17) is 21.7 Å². The minimum atomic E-state index is -1.18. The first kappa shape index (κ1) is 14.0. The first-order valence-corrected chi connectivity index (χ1v) is 5.38. The molecule has 0 aromatic heterocycles. The Morgan fingerprint density at radius 3 is 2.28 bits per heavy atom. The molecule has 0 unspecified atom stereocenters. The Morgan fingerprint density at radius 2 is 1.78 bits per heavy atom. The fourth-order valence-corrected chi connectivity index (χ4v) is 1.33. The number of fused-ring (bicyclic) bond motifs is 1. The molecule has 0 heterocycles. The van der Waals surface area contributed by atoms with Crippen LogP contribution >= 0.6 is 0 Å². The molecular formula is C13H16N2O3. The lowest BCUT2D eigenvalue weighted by molar-refractivity contribution is -0.139. The summed E-state index contributed by atoms with van der Waals surface area (Å²) in [4.78, 5) is 9.65. The summed E-state index contributed by atoms with van der Waals surface area (Å²) in [5.74, 6) is -1.18. The van der Waals surface area contributed by atoms with Crippen LogP contribution in [0.25, 0.3) is 10.8 Å². The largest absolute Gasteiger partial charge is 0.480 e. The highest BCUT2D eigenvalue weighted by Crippen LogP contribution is 2.19. The number of carboxylic acid groups (broad SMARTS) is 1. The second-order valence-corrected chi connectivity index (χ2v) is 3.70. The van der Waals surface area contributed by atoms with E-state index < -0.39 is 18.6 Å². The molecule has 0 bridgehead atoms. The van der Waals surface area contributed by atoms with Gasteiger partial charge in [-0.1, -0.05) is 36.4 Å². The van der Waals surface area contributed by atoms with Gasteiger partial charge in [0.15, 0.2) is 0 Å². The minimum absolute atomic E-state index is 0.505. The molecule has 0 aliphatic rings. The van der Waals surface area contributed by atoms with Crippen LogP contribution < -0.4 is 11.5 Å². The summed E-state index contributed by atoms with van der Waals surface area (Å²) in [6.45, 7) is -0.505. The Balaban J connectivity index is 0.000000203. The Hall–Kier alpha value is -2.11. The second-order valence-electron chi connectivity index (χ2n) is 3.70. The highest BCUT2D eigenvalue weighted by Gasteiger charge is 2.07. The van der Waals surface area contributed by atoms with Crippen molar-refractivity contribution in [2.75, 3.05) is 12.3 Å². The summed E-state index contributed by atoms with van der Waals surface area (Å²) in [7, 11) is 0. The summed E-state index contributed by atoms with van der Waals surface area (Å²) in [5, 5.41) is 18.2. The van der Waals surface area contributed by atoms with Crippen LogP contribution in [0.3, 0.4) is 0 Å². The zero-order valence-electron chi connectivity index (χ0n) is 9.78. The molecule has 2 aromatic rings. The fourth-order valence-electron chi connectivity index (χ4n) is 1.33. The quantitative estimate of drug-likeness (QED) is 0.588. The average molecular weight is 248 g/mol. The topological polar surface area (TPSA) is 110 Å². The van der Waals surface area contributed by atoms with Crippen LogP contribution in [-0.4, -0.2) is 28.8 Å². The van der Waals surface area contributed by atoms with Gasteiger partial charge < -0.3 is 21.7 Å². The van der Waals surface area contributed by atoms with E-state index >= 15 is 0 Å². The number of hydrogen-bond donors (Lipinski definition) is 4. The minimum Gasteiger partial charge on any atom is -0.480 e. The van der Waals surface area contributed by atoms with E-state index in [-0.39, 0.29) is 0 Å². The van der Waals surface area contributed by atoms with E-state index in [1.54, 1.807) is 0 Å². The number of aliphatic hydroxyl groups excluding tert-OH is 1. The molecular weight excluding hydrogens is 232 g/mol. The Bertz CT molecular complexity index is 523. The molecule has 0 radical (unpaired) electrons. The lowest BCUT2D eigenvalue weighted by atomic mass is 10.1. The van der Waals surface area contributed by atoms with Gasteiger partial charge in [-0.3, -0.25) is 4.79 Å². The average Bonchev–Trinajstić information content (AvgIpc) is 2.39. The number of anilines is 1. The highest BCUT2D eigenvalue weighted by atomic mass is 16.4. The zero-order valence-corrected chi connectivity index (χ0v) is 9.78. The number of hydrogen-bond acceptors (Lipinski definition) is 4. The molecule has 2 aromatic carbocycles. The van der Waals surface area contributed by atoms with E-state index in [0.29, 0.717) is 0 Å². The molecule has 6 N–H and O–H groups in total. The molecule has 1 atom stereocenters. The molecule has 0 saturated carbocycles. The van der Waals surface area contributed by atoms with Gasteiger partial charge in [0.05, 0.1) is 6.61 Å². The van der Waals surface area contributed by atoms with Gasteiger partial charge in [-0.25, -0.2) is 0 Å². The molecule has 96 valence electrons. The number of carboxylic acids is 1. The van der Waals surface area contributed by atoms with E-state index in [9.17, 15) is 4.79 Å². The van der Waals surface area contributed by atoms with Crippen LogP contribution in [-0.2, 0) is 4.79 Å². The third kappa shape index (κ3) is 3.73. The maximum atomic E-state index is 9.65. The maximum Gasteiger partial charge on any atom is 0.322 e. The third-order valence-corrected chi connectivity index (χ3v) is 2.34. The van der Waals surface area contributed by atoms with Gasteiger partial charge >= 0.3 is 5.97 Å². The lowest BCUT2D eigenvalue weighted by Gasteiger charge is -1.98. The van der Waals surface area contributed by atoms with Crippen molar-refractivity contribution in [1.29, 1.82) is 0 Å². The van der Waals surface area contributed by atoms with Crippen molar-refractivity contribution in [3.8, 4) is 0 Å². The monoisotopic (exact) mass is 248 g/mol. The van der Waals surface area contributed by atoms with Crippen LogP contribution in [0.1, 0.15) is 0 Å². The molecule has 0 aliphatic carbocycles. The molecule has 0 spiro atoms. The molecule has 0 aliphatic heterocycles. The summed E-state index contributed by atoms with van der Waals surface area (Å²) >= 11 is 0. The van der Waals surface area contributed by atoms with Gasteiger partial charge in [0, 0.05) is 11.1 Å². The normalized spacial score (nSPS) is 11.4. The van der Waals surface area contributed by atoms with E-state index in [2.05, 4.69) is 12.1 Å². The first-order valence-electron chi connectivity index (χ1n) is 5.38. The van der Waals surface area contributed by atoms with Gasteiger partial charge in [-0.15, -0.1) is 0 Å². The first-order chi connectivity index (χ1) is 8.56. The van der Waals surface area contributed by atoms with Gasteiger partial charge in [0.2, 0.25) is 0 Å². The third-order valence-electron chi connectivity index (χ3n) is 2.34. The lowest BCUT2D eigenvalue weighted by Crippen LogP contribution is -2.33. The van der Waals surface area contributed by atoms with Crippen molar-refractivity contribution in [3.63, 3.8) is 0 Å². The predicted octanol–water partition coefficient (Wildman–Crippen LogP) is 0.813. The Kier molecular flexibility index (Phi) is 5.10. The molecule has 0 amide bonds. The van der Waals surface area contributed by atoms with Crippen LogP contribution in [0.2, 0.25) is 0 Å². The van der Waals surface area contributed by atoms with Crippen LogP contribution in [0, 0.1) is 0 Å². The molecule has 0 saturated heterocycles. The van der Waals surface area contributed by atoms with Crippen LogP contribution in [0.15, 0.2) is 42.5 Å². The Labute approximate surface area is 105 Å². The van der Waals surface area contributed by atoms with Gasteiger partial charge in [-0.2, -0.15) is 0 Å². The number of nitrogens with two attached hydrogens (primary N) is 2. The number of nitrogen functional groups attached to an aromatic ring is 1. The van der Waals surface area contributed by atoms with Gasteiger partial charge in [0.1, 0.15) is 6.04 Å². The van der Waals surface area contributed by atoms with Crippen molar-refractivity contribution in [2.45, 2.75) is 6.04 Å². The SMILES string of the molecule is N[C@@H](CO)C(=O)O.Nc1cccc2ccccc12. The summed E-state index contributed by atoms with van der Waals surface area (Å²) < 4.78 is 0. The molecule has 18 heavy (non-hydrogen) atoms. The summed E-state index contributed by atoms with van der Waals surface area (Å²) in [6, 6.07) is 12.9. The van der Waals surface area contributed by atoms with Crippen molar-refractivity contribution in [2.24, 2.45) is 5.73 Å². The van der Waals surface area contributed by atoms with Crippen molar-refractivity contribution < 1.29 is 15.0 Å². The van der Waals surface area contributed by atoms with Crippen molar-refractivity contribution in [1.82, 2.24) is 0 Å². The number of carbonyl (C=O) groups is 1. The molecule has 2 rings (SSSR count). The van der Waals surface area contributed by atoms with Gasteiger partial charge in [0.25, 0.3) is 0 Å². The Morgan fingerprint density at radius 1 is 1.17 bits per heavy atom. The second kappa shape index (κ2) is 6.58. The number of rotatable bonds is 2. The summed E-state index contributed by atoms with van der Waals surface area (Å²) in [6.07, 6.45) is 0. The van der Waals surface area contributed by atoms with Crippen LogP contribution in [0.5, 0.6) is 0 Å².